The van der Waals surface area contributed by atoms with Gasteiger partial charge in [0, 0.05) is 37.8 Å². The van der Waals surface area contributed by atoms with E-state index in [1.165, 1.54) is 0 Å². The first-order chi connectivity index (χ1) is 13.3. The number of nitrogens with one attached hydrogen (secondary N) is 1. The van der Waals surface area contributed by atoms with E-state index in [1.807, 2.05) is 24.3 Å². The highest BCUT2D eigenvalue weighted by molar-refractivity contribution is 5.76. The molecule has 3 rings (SSSR count). The molecule has 3 aromatic rings. The van der Waals surface area contributed by atoms with Crippen LogP contribution in [0.4, 0.5) is 0 Å². The number of hydrogen-bond acceptors (Lipinski definition) is 6. The Hall–Kier alpha value is -3.12. The van der Waals surface area contributed by atoms with E-state index >= 15 is 0 Å². The van der Waals surface area contributed by atoms with Gasteiger partial charge in [-0.2, -0.15) is 0 Å². The highest BCUT2D eigenvalue weighted by atomic mass is 16.5. The van der Waals surface area contributed by atoms with Crippen LogP contribution in [0.2, 0.25) is 0 Å². The molecule has 0 bridgehead atoms. The van der Waals surface area contributed by atoms with Crippen LogP contribution in [0.3, 0.4) is 0 Å². The van der Waals surface area contributed by atoms with Crippen molar-refractivity contribution in [1.82, 2.24) is 20.3 Å². The summed E-state index contributed by atoms with van der Waals surface area (Å²) in [4.78, 5) is 24.7. The third-order valence-corrected chi connectivity index (χ3v) is 4.10. The van der Waals surface area contributed by atoms with Gasteiger partial charge in [0.15, 0.2) is 0 Å². The number of nitrogens with zero attached hydrogens (tertiary/aromatic N) is 3. The lowest BCUT2D eigenvalue weighted by molar-refractivity contribution is -0.145. The van der Waals surface area contributed by atoms with Crippen molar-refractivity contribution in [2.75, 3.05) is 6.61 Å². The maximum absolute atomic E-state index is 12.3. The summed E-state index contributed by atoms with van der Waals surface area (Å²) in [6.07, 6.45) is 7.28. The lowest BCUT2D eigenvalue weighted by Crippen LogP contribution is -2.40. The predicted octanol–water partition coefficient (Wildman–Crippen LogP) is 2.80. The number of rotatable bonds is 8. The molecule has 6 nitrogen and oxygen atoms in total. The fourth-order valence-electron chi connectivity index (χ4n) is 2.70. The van der Waals surface area contributed by atoms with Crippen LogP contribution in [0.5, 0.6) is 0 Å². The molecule has 0 aliphatic heterocycles. The number of ether oxygens (including phenoxy) is 1. The number of esters is 1. The fraction of sp³-hybridized carbons (Fsp3) is 0.238. The van der Waals surface area contributed by atoms with Gasteiger partial charge in [-0.3, -0.25) is 15.1 Å². The normalized spacial score (nSPS) is 11.7. The summed E-state index contributed by atoms with van der Waals surface area (Å²) in [7, 11) is 0. The molecule has 0 radical (unpaired) electrons. The van der Waals surface area contributed by atoms with E-state index in [1.54, 1.807) is 37.8 Å². The van der Waals surface area contributed by atoms with Gasteiger partial charge in [-0.1, -0.05) is 24.3 Å². The molecular formula is C21H22N4O2. The third kappa shape index (κ3) is 5.43. The van der Waals surface area contributed by atoms with Crippen LogP contribution in [0.1, 0.15) is 18.3 Å². The fourth-order valence-corrected chi connectivity index (χ4v) is 2.70. The molecule has 0 saturated heterocycles. The SMILES string of the molecule is CCOC(=O)C(Cc1ncccn1)NCc1ccc(-c2ccncc2)cc1. The summed E-state index contributed by atoms with van der Waals surface area (Å²) in [5.41, 5.74) is 3.33. The molecule has 0 aliphatic carbocycles. The Morgan fingerprint density at radius 2 is 1.67 bits per heavy atom. The van der Waals surface area contributed by atoms with Gasteiger partial charge in [-0.25, -0.2) is 9.97 Å². The van der Waals surface area contributed by atoms with Crippen molar-refractivity contribution in [3.8, 4) is 11.1 Å². The molecule has 0 amide bonds. The third-order valence-electron chi connectivity index (χ3n) is 4.10. The lowest BCUT2D eigenvalue weighted by atomic mass is 10.0. The zero-order valence-electron chi connectivity index (χ0n) is 15.2. The summed E-state index contributed by atoms with van der Waals surface area (Å²) in [6, 6.07) is 13.4. The van der Waals surface area contributed by atoms with E-state index in [0.29, 0.717) is 25.4 Å². The molecule has 2 heterocycles. The van der Waals surface area contributed by atoms with E-state index in [2.05, 4.69) is 32.4 Å². The van der Waals surface area contributed by atoms with E-state index < -0.39 is 6.04 Å². The van der Waals surface area contributed by atoms with Gasteiger partial charge in [0.25, 0.3) is 0 Å². The van der Waals surface area contributed by atoms with E-state index in [0.717, 1.165) is 16.7 Å². The number of carbonyl (C=O) groups is 1. The van der Waals surface area contributed by atoms with Crippen molar-refractivity contribution in [3.63, 3.8) is 0 Å². The molecule has 27 heavy (non-hydrogen) atoms. The lowest BCUT2D eigenvalue weighted by Gasteiger charge is -2.17. The number of aromatic nitrogens is 3. The minimum absolute atomic E-state index is 0.293. The van der Waals surface area contributed by atoms with Crippen molar-refractivity contribution < 1.29 is 9.53 Å². The van der Waals surface area contributed by atoms with Gasteiger partial charge < -0.3 is 4.74 Å². The molecule has 2 aromatic heterocycles. The molecule has 0 fully saturated rings. The molecule has 138 valence electrons. The number of benzene rings is 1. The van der Waals surface area contributed by atoms with Crippen LogP contribution in [0.25, 0.3) is 11.1 Å². The smallest absolute Gasteiger partial charge is 0.323 e. The second-order valence-electron chi connectivity index (χ2n) is 5.99. The van der Waals surface area contributed by atoms with Crippen molar-refractivity contribution >= 4 is 5.97 Å². The average molecular weight is 362 g/mol. The first-order valence-electron chi connectivity index (χ1n) is 8.91. The van der Waals surface area contributed by atoms with Gasteiger partial charge in [0.2, 0.25) is 0 Å². The Labute approximate surface area is 158 Å². The largest absolute Gasteiger partial charge is 0.465 e. The minimum Gasteiger partial charge on any atom is -0.465 e. The Morgan fingerprint density at radius 1 is 1.00 bits per heavy atom. The average Bonchev–Trinajstić information content (AvgIpc) is 2.73. The van der Waals surface area contributed by atoms with Gasteiger partial charge in [-0.15, -0.1) is 0 Å². The van der Waals surface area contributed by atoms with Gasteiger partial charge in [0.05, 0.1) is 6.61 Å². The Balaban J connectivity index is 1.64. The Kier molecular flexibility index (Phi) is 6.60. The minimum atomic E-state index is -0.493. The quantitative estimate of drug-likeness (QED) is 0.621. The number of hydrogen-bond donors (Lipinski definition) is 1. The van der Waals surface area contributed by atoms with Crippen molar-refractivity contribution in [3.05, 3.63) is 78.6 Å². The molecule has 1 aromatic carbocycles. The maximum atomic E-state index is 12.3. The van der Waals surface area contributed by atoms with Crippen molar-refractivity contribution in [2.24, 2.45) is 0 Å². The molecular weight excluding hydrogens is 340 g/mol. The molecule has 0 aliphatic rings. The second kappa shape index (κ2) is 9.54. The summed E-state index contributed by atoms with van der Waals surface area (Å²) >= 11 is 0. The molecule has 0 saturated carbocycles. The topological polar surface area (TPSA) is 77.0 Å². The molecule has 1 unspecified atom stereocenters. The Bertz CT molecular complexity index is 839. The summed E-state index contributed by atoms with van der Waals surface area (Å²) < 4.78 is 5.18. The number of carbonyl (C=O) groups excluding carboxylic acids is 1. The molecule has 1 N–H and O–H groups in total. The van der Waals surface area contributed by atoms with E-state index in [4.69, 9.17) is 4.74 Å². The van der Waals surface area contributed by atoms with Gasteiger partial charge in [0.1, 0.15) is 11.9 Å². The number of pyridine rings is 1. The monoisotopic (exact) mass is 362 g/mol. The van der Waals surface area contributed by atoms with Crippen molar-refractivity contribution in [1.29, 1.82) is 0 Å². The van der Waals surface area contributed by atoms with E-state index in [-0.39, 0.29) is 5.97 Å². The van der Waals surface area contributed by atoms with Crippen LogP contribution < -0.4 is 5.32 Å². The van der Waals surface area contributed by atoms with Crippen LogP contribution in [-0.4, -0.2) is 33.6 Å². The summed E-state index contributed by atoms with van der Waals surface area (Å²) in [6.45, 7) is 2.69. The van der Waals surface area contributed by atoms with Crippen LogP contribution >= 0.6 is 0 Å². The second-order valence-corrected chi connectivity index (χ2v) is 5.99. The van der Waals surface area contributed by atoms with Crippen LogP contribution in [0, 0.1) is 0 Å². The molecule has 1 atom stereocenters. The van der Waals surface area contributed by atoms with Crippen LogP contribution in [-0.2, 0) is 22.5 Å². The molecule has 0 spiro atoms. The molecule has 6 heteroatoms. The highest BCUT2D eigenvalue weighted by Crippen LogP contribution is 2.18. The summed E-state index contributed by atoms with van der Waals surface area (Å²) in [5, 5.41) is 3.26. The van der Waals surface area contributed by atoms with E-state index in [9.17, 15) is 4.79 Å². The highest BCUT2D eigenvalue weighted by Gasteiger charge is 2.21. The van der Waals surface area contributed by atoms with Crippen molar-refractivity contribution in [2.45, 2.75) is 25.9 Å². The van der Waals surface area contributed by atoms with Crippen LogP contribution in [0.15, 0.2) is 67.3 Å². The van der Waals surface area contributed by atoms with Gasteiger partial charge in [-0.05, 0) is 41.8 Å². The zero-order valence-corrected chi connectivity index (χ0v) is 15.2. The zero-order chi connectivity index (χ0) is 18.9. The standard InChI is InChI=1S/C21H22N4O2/c1-2-27-21(26)19(14-20-23-10-3-11-24-20)25-15-16-4-6-17(7-5-16)18-8-12-22-13-9-18/h3-13,19,25H,2,14-15H2,1H3. The van der Waals surface area contributed by atoms with Gasteiger partial charge >= 0.3 is 5.97 Å². The predicted molar refractivity (Wildman–Crippen MR) is 103 cm³/mol. The summed E-state index contributed by atoms with van der Waals surface area (Å²) in [5.74, 6) is 0.314. The first-order valence-corrected chi connectivity index (χ1v) is 8.91. The first kappa shape index (κ1) is 18.7. The Morgan fingerprint density at radius 3 is 2.33 bits per heavy atom. The maximum Gasteiger partial charge on any atom is 0.323 e.